The molecule has 5 heteroatoms. The number of rotatable bonds is 5. The number of carbonyl (C=O) groups is 1. The number of aromatic nitrogens is 1. The Labute approximate surface area is 162 Å². The number of carboxylic acids is 1. The van der Waals surface area contributed by atoms with Gasteiger partial charge in [0.05, 0.1) is 11.3 Å². The van der Waals surface area contributed by atoms with Crippen LogP contribution in [0.1, 0.15) is 16.1 Å². The average Bonchev–Trinajstić information content (AvgIpc) is 2.69. The van der Waals surface area contributed by atoms with Crippen molar-refractivity contribution in [2.45, 2.75) is 6.92 Å². The van der Waals surface area contributed by atoms with Crippen LogP contribution < -0.4 is 10.1 Å². The van der Waals surface area contributed by atoms with Gasteiger partial charge in [0.2, 0.25) is 0 Å². The van der Waals surface area contributed by atoms with E-state index in [2.05, 4.69) is 10.3 Å². The Hall–Kier alpha value is -3.86. The first-order valence-electron chi connectivity index (χ1n) is 8.84. The molecule has 138 valence electrons. The van der Waals surface area contributed by atoms with Crippen LogP contribution in [-0.4, -0.2) is 16.1 Å². The number of carboxylic acid groups (broad SMARTS) is 1. The van der Waals surface area contributed by atoms with E-state index >= 15 is 0 Å². The van der Waals surface area contributed by atoms with Gasteiger partial charge in [-0.1, -0.05) is 42.5 Å². The molecule has 0 fully saturated rings. The van der Waals surface area contributed by atoms with Gasteiger partial charge < -0.3 is 15.2 Å². The predicted molar refractivity (Wildman–Crippen MR) is 110 cm³/mol. The molecule has 0 spiro atoms. The standard InChI is InChI=1S/C23H18N2O3/c1-15-14-20(25-19-12-6-5-10-18(19)23(26)27)17-11-7-13-21(22(17)24-15)28-16-8-3-2-4-9-16/h2-14H,1H3,(H,24,25)(H,26,27). The molecule has 3 aromatic carbocycles. The van der Waals surface area contributed by atoms with Gasteiger partial charge in [0.25, 0.3) is 0 Å². The van der Waals surface area contributed by atoms with Crippen LogP contribution in [0, 0.1) is 6.92 Å². The number of benzene rings is 3. The summed E-state index contributed by atoms with van der Waals surface area (Å²) in [6, 6.07) is 23.9. The maximum absolute atomic E-state index is 11.5. The van der Waals surface area contributed by atoms with Crippen LogP contribution in [-0.2, 0) is 0 Å². The molecule has 0 unspecified atom stereocenters. The average molecular weight is 370 g/mol. The van der Waals surface area contributed by atoms with Crippen LogP contribution >= 0.6 is 0 Å². The van der Waals surface area contributed by atoms with Crippen molar-refractivity contribution in [2.75, 3.05) is 5.32 Å². The lowest BCUT2D eigenvalue weighted by Gasteiger charge is -2.15. The quantitative estimate of drug-likeness (QED) is 0.466. The highest BCUT2D eigenvalue weighted by Gasteiger charge is 2.13. The van der Waals surface area contributed by atoms with Crippen molar-refractivity contribution < 1.29 is 14.6 Å². The van der Waals surface area contributed by atoms with Crippen molar-refractivity contribution in [1.29, 1.82) is 0 Å². The van der Waals surface area contributed by atoms with Crippen LogP contribution in [0.4, 0.5) is 11.4 Å². The van der Waals surface area contributed by atoms with E-state index in [9.17, 15) is 9.90 Å². The molecule has 0 bridgehead atoms. The van der Waals surface area contributed by atoms with Crippen molar-refractivity contribution in [2.24, 2.45) is 0 Å². The van der Waals surface area contributed by atoms with Gasteiger partial charge in [-0.05, 0) is 43.3 Å². The van der Waals surface area contributed by atoms with Crippen LogP contribution in [0.2, 0.25) is 0 Å². The fourth-order valence-electron chi connectivity index (χ4n) is 3.08. The Bertz CT molecular complexity index is 1160. The monoisotopic (exact) mass is 370 g/mol. The largest absolute Gasteiger partial charge is 0.478 e. The van der Waals surface area contributed by atoms with E-state index in [1.165, 1.54) is 0 Å². The molecule has 4 rings (SSSR count). The number of anilines is 2. The maximum Gasteiger partial charge on any atom is 0.337 e. The smallest absolute Gasteiger partial charge is 0.337 e. The molecule has 1 heterocycles. The van der Waals surface area contributed by atoms with Crippen molar-refractivity contribution >= 4 is 28.2 Å². The minimum Gasteiger partial charge on any atom is -0.478 e. The first-order valence-corrected chi connectivity index (χ1v) is 8.84. The summed E-state index contributed by atoms with van der Waals surface area (Å²) >= 11 is 0. The van der Waals surface area contributed by atoms with E-state index in [0.717, 1.165) is 22.5 Å². The van der Waals surface area contributed by atoms with Gasteiger partial charge in [0.15, 0.2) is 5.75 Å². The lowest BCUT2D eigenvalue weighted by atomic mass is 10.1. The number of pyridine rings is 1. The molecular weight excluding hydrogens is 352 g/mol. The van der Waals surface area contributed by atoms with Crippen LogP contribution in [0.3, 0.4) is 0 Å². The summed E-state index contributed by atoms with van der Waals surface area (Å²) in [5.74, 6) is 0.386. The summed E-state index contributed by atoms with van der Waals surface area (Å²) in [5.41, 5.74) is 3.02. The van der Waals surface area contributed by atoms with E-state index in [1.54, 1.807) is 24.3 Å². The highest BCUT2D eigenvalue weighted by molar-refractivity contribution is 6.00. The van der Waals surface area contributed by atoms with Gasteiger partial charge in [-0.2, -0.15) is 0 Å². The number of nitrogens with one attached hydrogen (secondary N) is 1. The van der Waals surface area contributed by atoms with Crippen molar-refractivity contribution in [3.8, 4) is 11.5 Å². The van der Waals surface area contributed by atoms with Gasteiger partial charge in [-0.25, -0.2) is 9.78 Å². The Morgan fingerprint density at radius 3 is 2.46 bits per heavy atom. The SMILES string of the molecule is Cc1cc(Nc2ccccc2C(=O)O)c2cccc(Oc3ccccc3)c2n1. The Kier molecular flexibility index (Phi) is 4.64. The zero-order valence-corrected chi connectivity index (χ0v) is 15.2. The fourth-order valence-corrected chi connectivity index (χ4v) is 3.08. The number of nitrogens with zero attached hydrogens (tertiary/aromatic N) is 1. The Morgan fingerprint density at radius 2 is 1.68 bits per heavy atom. The van der Waals surface area contributed by atoms with E-state index < -0.39 is 5.97 Å². The first kappa shape index (κ1) is 17.5. The lowest BCUT2D eigenvalue weighted by molar-refractivity contribution is 0.0698. The topological polar surface area (TPSA) is 71.5 Å². The maximum atomic E-state index is 11.5. The lowest BCUT2D eigenvalue weighted by Crippen LogP contribution is -2.03. The van der Waals surface area contributed by atoms with E-state index in [0.29, 0.717) is 17.0 Å². The second kappa shape index (κ2) is 7.40. The molecule has 0 radical (unpaired) electrons. The molecule has 28 heavy (non-hydrogen) atoms. The summed E-state index contributed by atoms with van der Waals surface area (Å²) in [6.07, 6.45) is 0. The second-order valence-corrected chi connectivity index (χ2v) is 6.35. The van der Waals surface area contributed by atoms with Crippen LogP contribution in [0.25, 0.3) is 10.9 Å². The zero-order valence-electron chi connectivity index (χ0n) is 15.2. The van der Waals surface area contributed by atoms with Crippen LogP contribution in [0.15, 0.2) is 78.9 Å². The van der Waals surface area contributed by atoms with E-state index in [-0.39, 0.29) is 5.56 Å². The number of fused-ring (bicyclic) bond motifs is 1. The van der Waals surface area contributed by atoms with Gasteiger partial charge in [-0.3, -0.25) is 0 Å². The van der Waals surface area contributed by atoms with E-state index in [1.807, 2.05) is 61.5 Å². The third kappa shape index (κ3) is 3.50. The van der Waals surface area contributed by atoms with Crippen molar-refractivity contribution in [3.05, 3.63) is 90.1 Å². The molecule has 4 aromatic rings. The molecule has 0 aliphatic rings. The zero-order chi connectivity index (χ0) is 19.5. The first-order chi connectivity index (χ1) is 13.6. The third-order valence-electron chi connectivity index (χ3n) is 4.33. The summed E-state index contributed by atoms with van der Waals surface area (Å²) in [5, 5.41) is 13.5. The highest BCUT2D eigenvalue weighted by atomic mass is 16.5. The third-order valence-corrected chi connectivity index (χ3v) is 4.33. The Balaban J connectivity index is 1.80. The predicted octanol–water partition coefficient (Wildman–Crippen LogP) is 5.78. The number of aryl methyl sites for hydroxylation is 1. The molecule has 0 aliphatic heterocycles. The summed E-state index contributed by atoms with van der Waals surface area (Å²) < 4.78 is 6.03. The Morgan fingerprint density at radius 1 is 0.929 bits per heavy atom. The summed E-state index contributed by atoms with van der Waals surface area (Å²) in [6.45, 7) is 1.90. The molecule has 1 aromatic heterocycles. The van der Waals surface area contributed by atoms with Crippen molar-refractivity contribution in [1.82, 2.24) is 4.98 Å². The summed E-state index contributed by atoms with van der Waals surface area (Å²) in [7, 11) is 0. The van der Waals surface area contributed by atoms with Gasteiger partial charge in [-0.15, -0.1) is 0 Å². The molecule has 0 aliphatic carbocycles. The normalized spacial score (nSPS) is 10.6. The number of hydrogen-bond acceptors (Lipinski definition) is 4. The number of aromatic carboxylic acids is 1. The molecule has 0 amide bonds. The molecule has 2 N–H and O–H groups in total. The number of ether oxygens (including phenoxy) is 1. The molecule has 0 atom stereocenters. The van der Waals surface area contributed by atoms with Gasteiger partial charge in [0, 0.05) is 16.8 Å². The second-order valence-electron chi connectivity index (χ2n) is 6.35. The van der Waals surface area contributed by atoms with Crippen LogP contribution in [0.5, 0.6) is 11.5 Å². The van der Waals surface area contributed by atoms with E-state index in [4.69, 9.17) is 4.74 Å². The number of hydrogen-bond donors (Lipinski definition) is 2. The minimum absolute atomic E-state index is 0.210. The number of para-hydroxylation sites is 3. The van der Waals surface area contributed by atoms with Crippen molar-refractivity contribution in [3.63, 3.8) is 0 Å². The molecule has 0 saturated heterocycles. The fraction of sp³-hybridized carbons (Fsp3) is 0.0435. The molecule has 0 saturated carbocycles. The molecular formula is C23H18N2O3. The minimum atomic E-state index is -0.980. The van der Waals surface area contributed by atoms with Gasteiger partial charge in [0.1, 0.15) is 11.3 Å². The highest BCUT2D eigenvalue weighted by Crippen LogP contribution is 2.34. The molecule has 5 nitrogen and oxygen atoms in total. The van der Waals surface area contributed by atoms with Gasteiger partial charge >= 0.3 is 5.97 Å². The summed E-state index contributed by atoms with van der Waals surface area (Å²) in [4.78, 5) is 16.2.